The highest BCUT2D eigenvalue weighted by Gasteiger charge is 2.27. The number of hydrogen-bond donors (Lipinski definition) is 2. The van der Waals surface area contributed by atoms with E-state index in [2.05, 4.69) is 14.9 Å². The monoisotopic (exact) mass is 332 g/mol. The Labute approximate surface area is 141 Å². The average molecular weight is 333 g/mol. The number of aromatic nitrogens is 2. The summed E-state index contributed by atoms with van der Waals surface area (Å²) in [5.74, 6) is 1.42. The van der Waals surface area contributed by atoms with Gasteiger partial charge in [0.1, 0.15) is 5.82 Å². The van der Waals surface area contributed by atoms with Crippen LogP contribution in [0.5, 0.6) is 0 Å². The van der Waals surface area contributed by atoms with E-state index < -0.39 is 6.10 Å². The summed E-state index contributed by atoms with van der Waals surface area (Å²) in [6, 6.07) is 9.39. The second-order valence-corrected chi connectivity index (χ2v) is 6.48. The van der Waals surface area contributed by atoms with E-state index in [1.165, 1.54) is 0 Å². The first-order valence-electron chi connectivity index (χ1n) is 7.82. The summed E-state index contributed by atoms with van der Waals surface area (Å²) in [5.41, 5.74) is 7.53. The van der Waals surface area contributed by atoms with Gasteiger partial charge in [0.05, 0.1) is 6.10 Å². The third-order valence-electron chi connectivity index (χ3n) is 4.38. The Kier molecular flexibility index (Phi) is 4.68. The maximum atomic E-state index is 10.6. The van der Waals surface area contributed by atoms with Crippen molar-refractivity contribution in [3.8, 4) is 0 Å². The zero-order valence-electron chi connectivity index (χ0n) is 13.1. The minimum absolute atomic E-state index is 0.243. The fourth-order valence-electron chi connectivity index (χ4n) is 3.11. The minimum Gasteiger partial charge on any atom is -0.388 e. The number of hydrogen-bond acceptors (Lipinski definition) is 5. The second-order valence-electron chi connectivity index (χ2n) is 6.05. The molecule has 5 nitrogen and oxygen atoms in total. The molecule has 1 aromatic heterocycles. The van der Waals surface area contributed by atoms with Crippen LogP contribution in [0.1, 0.15) is 30.2 Å². The Bertz CT molecular complexity index is 649. The minimum atomic E-state index is -0.452. The number of anilines is 2. The van der Waals surface area contributed by atoms with E-state index >= 15 is 0 Å². The number of rotatable bonds is 3. The van der Waals surface area contributed by atoms with E-state index in [1.807, 2.05) is 37.3 Å². The van der Waals surface area contributed by atoms with Crippen LogP contribution in [0, 0.1) is 12.8 Å². The van der Waals surface area contributed by atoms with Crippen molar-refractivity contribution >= 4 is 23.4 Å². The molecule has 2 heterocycles. The first-order valence-corrected chi connectivity index (χ1v) is 8.20. The molecule has 1 fully saturated rings. The fourth-order valence-corrected chi connectivity index (χ4v) is 3.24. The number of halogens is 1. The third-order valence-corrected chi connectivity index (χ3v) is 4.63. The van der Waals surface area contributed by atoms with Crippen molar-refractivity contribution in [1.82, 2.24) is 9.97 Å². The molecule has 2 aromatic rings. The molecule has 0 aliphatic carbocycles. The third kappa shape index (κ3) is 3.74. The largest absolute Gasteiger partial charge is 0.388 e. The second kappa shape index (κ2) is 6.72. The molecular weight excluding hydrogens is 312 g/mol. The van der Waals surface area contributed by atoms with Crippen LogP contribution in [-0.2, 0) is 0 Å². The van der Waals surface area contributed by atoms with Gasteiger partial charge in [-0.1, -0.05) is 23.7 Å². The van der Waals surface area contributed by atoms with E-state index in [0.717, 1.165) is 43.0 Å². The quantitative estimate of drug-likeness (QED) is 0.903. The Balaban J connectivity index is 1.64. The number of aliphatic hydroxyl groups excluding tert-OH is 1. The first-order chi connectivity index (χ1) is 11.0. The number of nitrogen functional groups attached to an aromatic ring is 1. The average Bonchev–Trinajstić information content (AvgIpc) is 2.54. The summed E-state index contributed by atoms with van der Waals surface area (Å²) in [4.78, 5) is 10.6. The van der Waals surface area contributed by atoms with Crippen molar-refractivity contribution in [1.29, 1.82) is 0 Å². The van der Waals surface area contributed by atoms with Crippen LogP contribution >= 0.6 is 11.6 Å². The molecule has 1 saturated heterocycles. The predicted molar refractivity (Wildman–Crippen MR) is 92.5 cm³/mol. The smallest absolute Gasteiger partial charge is 0.222 e. The topological polar surface area (TPSA) is 75.3 Å². The van der Waals surface area contributed by atoms with Gasteiger partial charge in [-0.15, -0.1) is 0 Å². The molecule has 1 aromatic carbocycles. The molecule has 0 radical (unpaired) electrons. The summed E-state index contributed by atoms with van der Waals surface area (Å²) in [6.07, 6.45) is 1.37. The molecule has 3 N–H and O–H groups in total. The summed E-state index contributed by atoms with van der Waals surface area (Å²) in [7, 11) is 0. The molecule has 0 amide bonds. The van der Waals surface area contributed by atoms with Gasteiger partial charge in [-0.25, -0.2) is 4.98 Å². The summed E-state index contributed by atoms with van der Waals surface area (Å²) >= 11 is 5.90. The van der Waals surface area contributed by atoms with Gasteiger partial charge in [-0.3, -0.25) is 0 Å². The molecule has 1 aliphatic heterocycles. The standard InChI is InChI=1S/C17H21ClN4O/c1-11-10-15(21-17(19)20-11)22-8-6-13(7-9-22)16(23)12-2-4-14(18)5-3-12/h2-5,10,13,16,23H,6-9H2,1H3,(H2,19,20,21)/t16-/m1/s1. The van der Waals surface area contributed by atoms with E-state index in [1.54, 1.807) is 0 Å². The normalized spacial score (nSPS) is 17.3. The van der Waals surface area contributed by atoms with E-state index in [0.29, 0.717) is 11.0 Å². The van der Waals surface area contributed by atoms with E-state index in [9.17, 15) is 5.11 Å². The highest BCUT2D eigenvalue weighted by Crippen LogP contribution is 2.32. The van der Waals surface area contributed by atoms with Crippen LogP contribution in [0.25, 0.3) is 0 Å². The lowest BCUT2D eigenvalue weighted by atomic mass is 9.87. The predicted octanol–water partition coefficient (Wildman–Crippen LogP) is 2.97. The van der Waals surface area contributed by atoms with Gasteiger partial charge in [-0.05, 0) is 43.4 Å². The zero-order chi connectivity index (χ0) is 16.4. The number of nitrogens with two attached hydrogens (primary N) is 1. The van der Waals surface area contributed by atoms with Gasteiger partial charge >= 0.3 is 0 Å². The fraction of sp³-hybridized carbons (Fsp3) is 0.412. The maximum Gasteiger partial charge on any atom is 0.222 e. The molecule has 0 saturated carbocycles. The molecule has 122 valence electrons. The lowest BCUT2D eigenvalue weighted by Gasteiger charge is -2.35. The van der Waals surface area contributed by atoms with Crippen molar-refractivity contribution < 1.29 is 5.11 Å². The number of aryl methyl sites for hydroxylation is 1. The molecule has 23 heavy (non-hydrogen) atoms. The lowest BCUT2D eigenvalue weighted by molar-refractivity contribution is 0.0929. The Morgan fingerprint density at radius 3 is 2.48 bits per heavy atom. The number of piperidine rings is 1. The number of benzene rings is 1. The Morgan fingerprint density at radius 2 is 1.87 bits per heavy atom. The van der Waals surface area contributed by atoms with Crippen molar-refractivity contribution in [3.05, 3.63) is 46.6 Å². The van der Waals surface area contributed by atoms with Crippen molar-refractivity contribution in [2.24, 2.45) is 5.92 Å². The van der Waals surface area contributed by atoms with E-state index in [-0.39, 0.29) is 5.92 Å². The molecule has 0 unspecified atom stereocenters. The summed E-state index contributed by atoms with van der Waals surface area (Å²) < 4.78 is 0. The van der Waals surface area contributed by atoms with E-state index in [4.69, 9.17) is 17.3 Å². The van der Waals surface area contributed by atoms with Crippen LogP contribution in [0.2, 0.25) is 5.02 Å². The van der Waals surface area contributed by atoms with Crippen molar-refractivity contribution in [3.63, 3.8) is 0 Å². The molecule has 3 rings (SSSR count). The van der Waals surface area contributed by atoms with Crippen LogP contribution in [0.15, 0.2) is 30.3 Å². The SMILES string of the molecule is Cc1cc(N2CCC([C@H](O)c3ccc(Cl)cc3)CC2)nc(N)n1. The number of aliphatic hydroxyl groups is 1. The maximum absolute atomic E-state index is 10.6. The first kappa shape index (κ1) is 16.0. The van der Waals surface area contributed by atoms with Gasteiger partial charge in [0, 0.05) is 29.9 Å². The van der Waals surface area contributed by atoms with Crippen molar-refractivity contribution in [2.75, 3.05) is 23.7 Å². The lowest BCUT2D eigenvalue weighted by Crippen LogP contribution is -2.36. The van der Waals surface area contributed by atoms with Gasteiger partial charge in [0.15, 0.2) is 0 Å². The van der Waals surface area contributed by atoms with Gasteiger partial charge in [0.2, 0.25) is 5.95 Å². The molecule has 0 bridgehead atoms. The number of nitrogens with zero attached hydrogens (tertiary/aromatic N) is 3. The van der Waals surface area contributed by atoms with Crippen LogP contribution in [0.3, 0.4) is 0 Å². The van der Waals surface area contributed by atoms with Crippen LogP contribution in [-0.4, -0.2) is 28.2 Å². The van der Waals surface area contributed by atoms with Gasteiger partial charge < -0.3 is 15.7 Å². The highest BCUT2D eigenvalue weighted by atomic mass is 35.5. The summed E-state index contributed by atoms with van der Waals surface area (Å²) in [6.45, 7) is 3.62. The molecule has 6 heteroatoms. The summed E-state index contributed by atoms with van der Waals surface area (Å²) in [5, 5.41) is 11.3. The van der Waals surface area contributed by atoms with Crippen LogP contribution in [0.4, 0.5) is 11.8 Å². The van der Waals surface area contributed by atoms with Crippen LogP contribution < -0.4 is 10.6 Å². The van der Waals surface area contributed by atoms with Crippen molar-refractivity contribution in [2.45, 2.75) is 25.9 Å². The Morgan fingerprint density at radius 1 is 1.22 bits per heavy atom. The molecule has 1 atom stereocenters. The van der Waals surface area contributed by atoms with Gasteiger partial charge in [-0.2, -0.15) is 4.98 Å². The molecule has 0 spiro atoms. The zero-order valence-corrected chi connectivity index (χ0v) is 13.9. The highest BCUT2D eigenvalue weighted by molar-refractivity contribution is 6.30. The Hall–Kier alpha value is -1.85. The molecular formula is C17H21ClN4O. The molecule has 1 aliphatic rings. The van der Waals surface area contributed by atoms with Gasteiger partial charge in [0.25, 0.3) is 0 Å².